The molecule has 2 bridgehead atoms. The number of carbonyl (C=O) groups excluding carboxylic acids is 1. The summed E-state index contributed by atoms with van der Waals surface area (Å²) in [6.07, 6.45) is 5.52. The second-order valence-corrected chi connectivity index (χ2v) is 19.2. The van der Waals surface area contributed by atoms with Gasteiger partial charge in [0.1, 0.15) is 42.0 Å². The van der Waals surface area contributed by atoms with Crippen molar-refractivity contribution in [3.05, 3.63) is 47.1 Å². The van der Waals surface area contributed by atoms with Gasteiger partial charge in [0.25, 0.3) is 0 Å². The second-order valence-electron chi connectivity index (χ2n) is 19.2. The van der Waals surface area contributed by atoms with Crippen molar-refractivity contribution in [2.45, 2.75) is 198 Å². The Bertz CT molecular complexity index is 1660. The topological polar surface area (TPSA) is 170 Å². The molecule has 0 aromatic heterocycles. The summed E-state index contributed by atoms with van der Waals surface area (Å²) in [5.41, 5.74) is 0.184. The molecule has 0 aromatic carbocycles. The molecular weight excluding hydrogens is 789 g/mol. The molecule has 14 nitrogen and oxygen atoms in total. The lowest BCUT2D eigenvalue weighted by Gasteiger charge is -2.50. The van der Waals surface area contributed by atoms with E-state index in [4.69, 9.17) is 47.4 Å². The third kappa shape index (κ3) is 9.67. The van der Waals surface area contributed by atoms with Gasteiger partial charge >= 0.3 is 5.97 Å². The molecule has 1 aliphatic carbocycles. The molecule has 5 fully saturated rings. The normalized spacial score (nSPS) is 49.0. The highest BCUT2D eigenvalue weighted by Crippen LogP contribution is 2.48. The predicted molar refractivity (Wildman–Crippen MR) is 223 cm³/mol. The molecule has 0 radical (unpaired) electrons. The number of hydrogen-bond acceptors (Lipinski definition) is 14. The van der Waals surface area contributed by atoms with E-state index >= 15 is 0 Å². The Hall–Kier alpha value is -2.05. The molecule has 3 N–H and O–H groups in total. The van der Waals surface area contributed by atoms with Gasteiger partial charge in [0.2, 0.25) is 0 Å². The third-order valence-corrected chi connectivity index (χ3v) is 14.4. The van der Waals surface area contributed by atoms with E-state index in [1.54, 1.807) is 40.2 Å². The van der Waals surface area contributed by atoms with Crippen LogP contribution in [0.5, 0.6) is 0 Å². The van der Waals surface area contributed by atoms with Crippen LogP contribution in [0.15, 0.2) is 47.1 Å². The number of carbonyl (C=O) groups is 1. The smallest absolute Gasteiger partial charge is 0.316 e. The Labute approximate surface area is 361 Å². The fourth-order valence-corrected chi connectivity index (χ4v) is 10.8. The largest absolute Gasteiger partial charge is 0.462 e. The molecule has 61 heavy (non-hydrogen) atoms. The first-order valence-corrected chi connectivity index (χ1v) is 22.6. The molecule has 7 aliphatic rings. The van der Waals surface area contributed by atoms with Crippen molar-refractivity contribution in [1.82, 2.24) is 0 Å². The third-order valence-electron chi connectivity index (χ3n) is 14.4. The van der Waals surface area contributed by atoms with E-state index in [-0.39, 0.29) is 36.8 Å². The first kappa shape index (κ1) is 46.9. The number of allylic oxidation sites excluding steroid dienone is 2. The van der Waals surface area contributed by atoms with Gasteiger partial charge in [-0.05, 0) is 69.1 Å². The van der Waals surface area contributed by atoms with Gasteiger partial charge in [-0.2, -0.15) is 0 Å². The van der Waals surface area contributed by atoms with Gasteiger partial charge in [-0.1, -0.05) is 58.1 Å². The quantitative estimate of drug-likeness (QED) is 0.225. The maximum Gasteiger partial charge on any atom is 0.316 e. The first-order valence-electron chi connectivity index (χ1n) is 22.6. The van der Waals surface area contributed by atoms with Crippen LogP contribution in [0.1, 0.15) is 100 Å². The maximum absolute atomic E-state index is 14.3. The summed E-state index contributed by atoms with van der Waals surface area (Å²) >= 11 is 0. The Balaban J connectivity index is 1.17. The highest BCUT2D eigenvalue weighted by Gasteiger charge is 2.60. The van der Waals surface area contributed by atoms with Crippen molar-refractivity contribution >= 4 is 5.97 Å². The Morgan fingerprint density at radius 2 is 1.59 bits per heavy atom. The van der Waals surface area contributed by atoms with Gasteiger partial charge in [0, 0.05) is 52.2 Å². The molecule has 0 unspecified atom stereocenters. The number of rotatable bonds is 7. The van der Waals surface area contributed by atoms with Crippen molar-refractivity contribution in [2.24, 2.45) is 23.7 Å². The SMILES string of the molecule is CO[C@H]1C[C@H](O[C@H]2[C@H](C)O[C@@H](O[C@@H]3/C(C)=C\C[C@@H]4C[C@@H](C[C@]5(CC[C@H](C)[C@@H](C(C)C)O5)O4)OC(=O)[C@@H]4C=C(C)[C@@H](O)[C@H]5OC/C(=C/C=C[C@@H]3C)[C@]54O)C[C@@H]2OC)O[C@@H](C)[C@@H]1O. The highest BCUT2D eigenvalue weighted by molar-refractivity contribution is 5.78. The maximum atomic E-state index is 14.3. The van der Waals surface area contributed by atoms with E-state index in [0.29, 0.717) is 55.6 Å². The van der Waals surface area contributed by atoms with Crippen LogP contribution in [0.2, 0.25) is 0 Å². The zero-order valence-corrected chi connectivity index (χ0v) is 37.8. The highest BCUT2D eigenvalue weighted by atomic mass is 16.7. The van der Waals surface area contributed by atoms with Crippen LogP contribution >= 0.6 is 0 Å². The standard InChI is InChI=1S/C47H72O14/c1-24(2)41-27(5)16-17-46(61-41)22-33-19-32(60-46)15-14-26(4)42(25(3)12-11-13-31-23-54-44-39(48)28(6)18-34(45(50)57-33)47(31,44)51)58-38-21-36(53-10)43(30(8)56-38)59-37-20-35(52-9)40(49)29(7)55-37/h11-14,18,24-25,27,29-30,32-44,48-49,51H,15-17,19-23H2,1-10H3/b12-11?,26-14-,31-13-/t25-,27-,29-,30-,32+,33-,34-,35-,36-,37-,38-,39+,40-,41+,42-,43-,44+,46+,47+/m0/s1. The molecule has 0 aromatic rings. The monoisotopic (exact) mass is 860 g/mol. The average Bonchev–Trinajstić information content (AvgIpc) is 3.56. The molecule has 0 saturated carbocycles. The van der Waals surface area contributed by atoms with E-state index < -0.39 is 90.8 Å². The molecule has 5 saturated heterocycles. The number of ether oxygens (including phenoxy) is 10. The molecule has 7 rings (SSSR count). The van der Waals surface area contributed by atoms with Crippen molar-refractivity contribution in [3.63, 3.8) is 0 Å². The fraction of sp³-hybridized carbons (Fsp3) is 0.809. The molecule has 1 spiro atoms. The van der Waals surface area contributed by atoms with Crippen LogP contribution in [-0.4, -0.2) is 139 Å². The van der Waals surface area contributed by atoms with Gasteiger partial charge in [0.15, 0.2) is 18.4 Å². The summed E-state index contributed by atoms with van der Waals surface area (Å²) in [5, 5.41) is 34.2. The summed E-state index contributed by atoms with van der Waals surface area (Å²) in [6, 6.07) is 0. The lowest BCUT2D eigenvalue weighted by atomic mass is 9.71. The van der Waals surface area contributed by atoms with Gasteiger partial charge in [-0.3, -0.25) is 4.79 Å². The lowest BCUT2D eigenvalue weighted by Crippen LogP contribution is -2.58. The van der Waals surface area contributed by atoms with Crippen LogP contribution in [0.3, 0.4) is 0 Å². The lowest BCUT2D eigenvalue weighted by molar-refractivity contribution is -0.340. The van der Waals surface area contributed by atoms with E-state index in [2.05, 4.69) is 40.7 Å². The number of methoxy groups -OCH3 is 2. The molecular formula is C47H72O14. The molecule has 14 heteroatoms. The van der Waals surface area contributed by atoms with Crippen molar-refractivity contribution < 1.29 is 67.5 Å². The van der Waals surface area contributed by atoms with Crippen LogP contribution in [0.25, 0.3) is 0 Å². The van der Waals surface area contributed by atoms with Crippen molar-refractivity contribution in [3.8, 4) is 0 Å². The molecule has 0 amide bonds. The predicted octanol–water partition coefficient (Wildman–Crippen LogP) is 5.21. The van der Waals surface area contributed by atoms with E-state index in [1.165, 1.54) is 0 Å². The van der Waals surface area contributed by atoms with Crippen molar-refractivity contribution in [2.75, 3.05) is 20.8 Å². The number of aliphatic hydroxyl groups excluding tert-OH is 2. The Morgan fingerprint density at radius 3 is 2.31 bits per heavy atom. The van der Waals surface area contributed by atoms with Gasteiger partial charge in [0.05, 0.1) is 49.3 Å². The molecule has 6 heterocycles. The summed E-state index contributed by atoms with van der Waals surface area (Å²) in [7, 11) is 3.22. The molecule has 344 valence electrons. The Morgan fingerprint density at radius 1 is 0.885 bits per heavy atom. The number of fused-ring (bicyclic) bond motifs is 2. The molecule has 19 atom stereocenters. The Kier molecular flexibility index (Phi) is 14.8. The fourth-order valence-electron chi connectivity index (χ4n) is 10.8. The number of esters is 1. The zero-order valence-electron chi connectivity index (χ0n) is 37.8. The van der Waals surface area contributed by atoms with E-state index in [1.807, 2.05) is 19.1 Å². The van der Waals surface area contributed by atoms with Crippen LogP contribution in [0.4, 0.5) is 0 Å². The average molecular weight is 861 g/mol. The minimum atomic E-state index is -1.82. The zero-order chi connectivity index (χ0) is 44.0. The summed E-state index contributed by atoms with van der Waals surface area (Å²) < 4.78 is 63.7. The van der Waals surface area contributed by atoms with Crippen molar-refractivity contribution in [1.29, 1.82) is 0 Å². The minimum absolute atomic E-state index is 0.0210. The van der Waals surface area contributed by atoms with Crippen LogP contribution < -0.4 is 0 Å². The summed E-state index contributed by atoms with van der Waals surface area (Å²) in [6.45, 7) is 16.2. The van der Waals surface area contributed by atoms with Gasteiger partial charge in [-0.25, -0.2) is 0 Å². The first-order chi connectivity index (χ1) is 29.0. The summed E-state index contributed by atoms with van der Waals surface area (Å²) in [4.78, 5) is 14.3. The minimum Gasteiger partial charge on any atom is -0.462 e. The van der Waals surface area contributed by atoms with Crippen LogP contribution in [-0.2, 0) is 52.2 Å². The van der Waals surface area contributed by atoms with E-state index in [0.717, 1.165) is 12.0 Å². The van der Waals surface area contributed by atoms with Gasteiger partial charge in [-0.15, -0.1) is 0 Å². The molecule has 6 aliphatic heterocycles. The number of aliphatic hydroxyl groups is 3. The van der Waals surface area contributed by atoms with Gasteiger partial charge < -0.3 is 62.7 Å². The van der Waals surface area contributed by atoms with E-state index in [9.17, 15) is 20.1 Å². The number of hydrogen-bond donors (Lipinski definition) is 3. The van der Waals surface area contributed by atoms with Crippen LogP contribution in [0, 0.1) is 23.7 Å². The second kappa shape index (κ2) is 19.2. The summed E-state index contributed by atoms with van der Waals surface area (Å²) in [5.74, 6) is -2.15.